The third-order valence-electron chi connectivity index (χ3n) is 3.94. The minimum atomic E-state index is -2.98. The Morgan fingerprint density at radius 1 is 1.15 bits per heavy atom. The van der Waals surface area contributed by atoms with Crippen LogP contribution in [0.15, 0.2) is 52.9 Å². The number of furan rings is 1. The second-order valence-electron chi connectivity index (χ2n) is 5.85. The van der Waals surface area contributed by atoms with Crippen molar-refractivity contribution in [3.05, 3.63) is 59.9 Å². The van der Waals surface area contributed by atoms with Gasteiger partial charge >= 0.3 is 6.61 Å². The fraction of sp³-hybridized carbons (Fsp3) is 0.250. The van der Waals surface area contributed by atoms with Crippen LogP contribution in [-0.2, 0) is 0 Å². The van der Waals surface area contributed by atoms with E-state index < -0.39 is 6.61 Å². The van der Waals surface area contributed by atoms with Crippen molar-refractivity contribution in [1.29, 1.82) is 0 Å². The Balaban J connectivity index is 1.77. The average Bonchev–Trinajstić information content (AvgIpc) is 3.07. The smallest absolute Gasteiger partial charge is 0.387 e. The molecule has 1 aromatic heterocycles. The summed E-state index contributed by atoms with van der Waals surface area (Å²) in [5.74, 6) is 0.204. The van der Waals surface area contributed by atoms with Gasteiger partial charge in [-0.2, -0.15) is 8.78 Å². The number of carbonyl (C=O) groups is 1. The Bertz CT molecular complexity index is 906. The zero-order valence-corrected chi connectivity index (χ0v) is 14.9. The van der Waals surface area contributed by atoms with Crippen molar-refractivity contribution in [2.45, 2.75) is 26.5 Å². The zero-order valence-electron chi connectivity index (χ0n) is 14.9. The van der Waals surface area contributed by atoms with Crippen molar-refractivity contribution in [1.82, 2.24) is 5.32 Å². The lowest BCUT2D eigenvalue weighted by Gasteiger charge is -2.14. The van der Waals surface area contributed by atoms with E-state index in [1.165, 1.54) is 18.2 Å². The summed E-state index contributed by atoms with van der Waals surface area (Å²) in [4.78, 5) is 12.5. The van der Waals surface area contributed by atoms with Gasteiger partial charge in [-0.25, -0.2) is 0 Å². The molecule has 0 aliphatic carbocycles. The van der Waals surface area contributed by atoms with E-state index in [-0.39, 0.29) is 35.6 Å². The van der Waals surface area contributed by atoms with Crippen LogP contribution in [0.4, 0.5) is 8.78 Å². The lowest BCUT2D eigenvalue weighted by Crippen LogP contribution is -2.26. The third-order valence-corrected chi connectivity index (χ3v) is 3.94. The summed E-state index contributed by atoms with van der Waals surface area (Å²) in [6.45, 7) is 0.785. The highest BCUT2D eigenvalue weighted by Crippen LogP contribution is 2.30. The fourth-order valence-electron chi connectivity index (χ4n) is 2.68. The first-order valence-electron chi connectivity index (χ1n) is 8.49. The van der Waals surface area contributed by atoms with Crippen LogP contribution in [0.25, 0.3) is 11.0 Å². The first-order valence-corrected chi connectivity index (χ1v) is 8.49. The SMILES string of the molecule is CCOc1cc(C(=O)N[C@@H](C)c2cc3ccccc3o2)ccc1OC(F)F. The number of nitrogens with one attached hydrogen (secondary N) is 1. The van der Waals surface area contributed by atoms with Gasteiger partial charge in [0.25, 0.3) is 5.91 Å². The zero-order chi connectivity index (χ0) is 19.4. The number of amides is 1. The molecule has 1 atom stereocenters. The van der Waals surface area contributed by atoms with Crippen molar-refractivity contribution in [3.8, 4) is 11.5 Å². The summed E-state index contributed by atoms with van der Waals surface area (Å²) >= 11 is 0. The van der Waals surface area contributed by atoms with Crippen LogP contribution in [0.5, 0.6) is 11.5 Å². The van der Waals surface area contributed by atoms with Crippen LogP contribution in [0.1, 0.15) is 36.0 Å². The highest BCUT2D eigenvalue weighted by atomic mass is 19.3. The van der Waals surface area contributed by atoms with Crippen LogP contribution in [-0.4, -0.2) is 19.1 Å². The average molecular weight is 375 g/mol. The summed E-state index contributed by atoms with van der Waals surface area (Å²) in [6, 6.07) is 13.1. The number of halogens is 2. The number of alkyl halides is 2. The molecule has 0 unspecified atom stereocenters. The van der Waals surface area contributed by atoms with Gasteiger partial charge in [-0.1, -0.05) is 18.2 Å². The predicted octanol–water partition coefficient (Wildman–Crippen LogP) is 4.92. The molecule has 3 rings (SSSR count). The highest BCUT2D eigenvalue weighted by Gasteiger charge is 2.18. The normalized spacial score (nSPS) is 12.2. The molecule has 0 radical (unpaired) electrons. The predicted molar refractivity (Wildman–Crippen MR) is 96.3 cm³/mol. The molecule has 1 N–H and O–H groups in total. The van der Waals surface area contributed by atoms with Crippen molar-refractivity contribution in [2.75, 3.05) is 6.61 Å². The number of hydrogen-bond donors (Lipinski definition) is 1. The first-order chi connectivity index (χ1) is 13.0. The Morgan fingerprint density at radius 2 is 1.93 bits per heavy atom. The Morgan fingerprint density at radius 3 is 2.63 bits per heavy atom. The monoisotopic (exact) mass is 375 g/mol. The van der Waals surface area contributed by atoms with E-state index >= 15 is 0 Å². The lowest BCUT2D eigenvalue weighted by atomic mass is 10.1. The number of rotatable bonds is 7. The second-order valence-corrected chi connectivity index (χ2v) is 5.85. The number of para-hydroxylation sites is 1. The Kier molecular flexibility index (Phi) is 5.59. The van der Waals surface area contributed by atoms with Gasteiger partial charge in [0.05, 0.1) is 12.6 Å². The first kappa shape index (κ1) is 18.7. The molecule has 0 spiro atoms. The van der Waals surface area contributed by atoms with Crippen molar-refractivity contribution < 1.29 is 27.5 Å². The number of carbonyl (C=O) groups excluding carboxylic acids is 1. The largest absolute Gasteiger partial charge is 0.490 e. The molecule has 7 heteroatoms. The maximum Gasteiger partial charge on any atom is 0.387 e. The van der Waals surface area contributed by atoms with Gasteiger partial charge in [0.2, 0.25) is 0 Å². The molecule has 3 aromatic rings. The van der Waals surface area contributed by atoms with Gasteiger partial charge in [-0.3, -0.25) is 4.79 Å². The molecule has 1 amide bonds. The molecule has 5 nitrogen and oxygen atoms in total. The van der Waals surface area contributed by atoms with Crippen molar-refractivity contribution in [3.63, 3.8) is 0 Å². The Labute approximate surface area is 154 Å². The van der Waals surface area contributed by atoms with Gasteiger partial charge in [0.15, 0.2) is 11.5 Å². The van der Waals surface area contributed by atoms with Gasteiger partial charge in [0.1, 0.15) is 11.3 Å². The molecule has 142 valence electrons. The number of hydrogen-bond acceptors (Lipinski definition) is 4. The minimum absolute atomic E-state index is 0.0850. The molecule has 0 saturated carbocycles. The van der Waals surface area contributed by atoms with Crippen LogP contribution in [0.2, 0.25) is 0 Å². The minimum Gasteiger partial charge on any atom is -0.490 e. The van der Waals surface area contributed by atoms with Crippen LogP contribution < -0.4 is 14.8 Å². The summed E-state index contributed by atoms with van der Waals surface area (Å²) in [7, 11) is 0. The van der Waals surface area contributed by atoms with Gasteiger partial charge in [-0.05, 0) is 44.2 Å². The molecule has 0 fully saturated rings. The number of fused-ring (bicyclic) bond motifs is 1. The molecular formula is C20H19F2NO4. The van der Waals surface area contributed by atoms with E-state index in [4.69, 9.17) is 9.15 Å². The number of ether oxygens (including phenoxy) is 2. The summed E-state index contributed by atoms with van der Waals surface area (Å²) < 4.78 is 40.4. The molecular weight excluding hydrogens is 356 g/mol. The summed E-state index contributed by atoms with van der Waals surface area (Å²) in [5, 5.41) is 3.77. The standard InChI is InChI=1S/C20H19F2NO4/c1-3-25-18-11-14(8-9-16(18)27-20(21)22)19(24)23-12(2)17-10-13-6-4-5-7-15(13)26-17/h4-12,20H,3H2,1-2H3,(H,23,24)/t12-/m0/s1. The van der Waals surface area contributed by atoms with Crippen LogP contribution >= 0.6 is 0 Å². The topological polar surface area (TPSA) is 60.7 Å². The highest BCUT2D eigenvalue weighted by molar-refractivity contribution is 5.95. The third kappa shape index (κ3) is 4.36. The van der Waals surface area contributed by atoms with Crippen molar-refractivity contribution >= 4 is 16.9 Å². The maximum absolute atomic E-state index is 12.5. The fourth-order valence-corrected chi connectivity index (χ4v) is 2.68. The van der Waals surface area contributed by atoms with Crippen LogP contribution in [0, 0.1) is 0 Å². The molecule has 0 aliphatic heterocycles. The van der Waals surface area contributed by atoms with E-state index in [1.807, 2.05) is 30.3 Å². The lowest BCUT2D eigenvalue weighted by molar-refractivity contribution is -0.0514. The van der Waals surface area contributed by atoms with Gasteiger partial charge < -0.3 is 19.2 Å². The van der Waals surface area contributed by atoms with Gasteiger partial charge in [-0.15, -0.1) is 0 Å². The van der Waals surface area contributed by atoms with Crippen LogP contribution in [0.3, 0.4) is 0 Å². The Hall–Kier alpha value is -3.09. The molecule has 2 aromatic carbocycles. The second kappa shape index (κ2) is 8.07. The maximum atomic E-state index is 12.5. The molecule has 0 aliphatic rings. The molecule has 27 heavy (non-hydrogen) atoms. The summed E-state index contributed by atoms with van der Waals surface area (Å²) in [5.41, 5.74) is 1.00. The van der Waals surface area contributed by atoms with E-state index in [0.29, 0.717) is 5.76 Å². The molecule has 0 saturated heterocycles. The van der Waals surface area contributed by atoms with E-state index in [9.17, 15) is 13.6 Å². The van der Waals surface area contributed by atoms with E-state index in [0.717, 1.165) is 11.0 Å². The number of benzene rings is 2. The van der Waals surface area contributed by atoms with E-state index in [1.54, 1.807) is 13.8 Å². The van der Waals surface area contributed by atoms with Gasteiger partial charge in [0, 0.05) is 10.9 Å². The quantitative estimate of drug-likeness (QED) is 0.636. The van der Waals surface area contributed by atoms with E-state index in [2.05, 4.69) is 10.1 Å². The molecule has 0 bridgehead atoms. The molecule has 1 heterocycles. The summed E-state index contributed by atoms with van der Waals surface area (Å²) in [6.07, 6.45) is 0. The van der Waals surface area contributed by atoms with Crippen molar-refractivity contribution in [2.24, 2.45) is 0 Å².